The van der Waals surface area contributed by atoms with E-state index in [2.05, 4.69) is 0 Å². The van der Waals surface area contributed by atoms with Crippen LogP contribution in [0.15, 0.2) is 71.7 Å². The van der Waals surface area contributed by atoms with Crippen LogP contribution in [-0.4, -0.2) is 31.6 Å². The maximum Gasteiger partial charge on any atom is 0.227 e. The Kier molecular flexibility index (Phi) is 6.83. The van der Waals surface area contributed by atoms with Gasteiger partial charge in [-0.1, -0.05) is 55.0 Å². The lowest BCUT2D eigenvalue weighted by atomic mass is 9.72. The van der Waals surface area contributed by atoms with Gasteiger partial charge in [0.25, 0.3) is 0 Å². The van der Waals surface area contributed by atoms with Crippen LogP contribution in [0.5, 0.6) is 11.5 Å². The van der Waals surface area contributed by atoms with Crippen molar-refractivity contribution in [3.05, 3.63) is 83.4 Å². The van der Waals surface area contributed by atoms with Crippen molar-refractivity contribution in [1.29, 1.82) is 0 Å². The fourth-order valence-electron chi connectivity index (χ4n) is 5.60. The monoisotopic (exact) mass is 496 g/mol. The van der Waals surface area contributed by atoms with Crippen molar-refractivity contribution in [2.75, 3.05) is 19.1 Å². The number of ether oxygens (including phenoxy) is 2. The fraction of sp³-hybridized carbons (Fsp3) is 0.323. The van der Waals surface area contributed by atoms with E-state index in [9.17, 15) is 9.59 Å². The summed E-state index contributed by atoms with van der Waals surface area (Å²) in [7, 11) is 3.22. The number of Topliss-reactive ketones (excluding diaryl/α,β-unsaturated/α-hetero) is 1. The first-order chi connectivity index (χ1) is 17.9. The van der Waals surface area contributed by atoms with E-state index in [1.807, 2.05) is 85.5 Å². The van der Waals surface area contributed by atoms with E-state index in [0.29, 0.717) is 30.8 Å². The van der Waals surface area contributed by atoms with E-state index in [0.717, 1.165) is 33.8 Å². The highest BCUT2D eigenvalue weighted by molar-refractivity contribution is 6.13. The minimum atomic E-state index is -0.512. The number of hydrogen-bond donors (Lipinski definition) is 0. The summed E-state index contributed by atoms with van der Waals surface area (Å²) in [6, 6.07) is 21.2. The van der Waals surface area contributed by atoms with Crippen molar-refractivity contribution >= 4 is 28.8 Å². The average molecular weight is 497 g/mol. The second-order valence-electron chi connectivity index (χ2n) is 9.73. The number of benzene rings is 3. The highest BCUT2D eigenvalue weighted by Gasteiger charge is 2.46. The van der Waals surface area contributed by atoms with Crippen LogP contribution >= 0.6 is 0 Å². The molecule has 37 heavy (non-hydrogen) atoms. The lowest BCUT2D eigenvalue weighted by Gasteiger charge is -2.39. The predicted molar refractivity (Wildman–Crippen MR) is 145 cm³/mol. The summed E-state index contributed by atoms with van der Waals surface area (Å²) in [5, 5.41) is 0. The lowest BCUT2D eigenvalue weighted by Crippen LogP contribution is -2.45. The lowest BCUT2D eigenvalue weighted by molar-refractivity contribution is -0.123. The van der Waals surface area contributed by atoms with Crippen molar-refractivity contribution in [3.8, 4) is 11.5 Å². The van der Waals surface area contributed by atoms with Gasteiger partial charge in [-0.3, -0.25) is 14.6 Å². The number of rotatable bonds is 5. The number of carbonyl (C=O) groups excluding carboxylic acids is 2. The van der Waals surface area contributed by atoms with Crippen LogP contribution in [0.2, 0.25) is 0 Å². The third-order valence-corrected chi connectivity index (χ3v) is 7.48. The highest BCUT2D eigenvalue weighted by Crippen LogP contribution is 2.48. The predicted octanol–water partition coefficient (Wildman–Crippen LogP) is 6.35. The van der Waals surface area contributed by atoms with Crippen LogP contribution in [0, 0.1) is 12.8 Å². The molecule has 3 aromatic carbocycles. The third-order valence-electron chi connectivity index (χ3n) is 7.48. The molecule has 1 aliphatic heterocycles. The molecule has 0 N–H and O–H groups in total. The van der Waals surface area contributed by atoms with Gasteiger partial charge >= 0.3 is 0 Å². The number of amides is 1. The summed E-state index contributed by atoms with van der Waals surface area (Å²) >= 11 is 0. The molecule has 1 saturated carbocycles. The van der Waals surface area contributed by atoms with Crippen LogP contribution in [0.4, 0.5) is 11.4 Å². The minimum Gasteiger partial charge on any atom is -0.493 e. The molecule has 190 valence electrons. The molecule has 0 spiro atoms. The first-order valence-corrected chi connectivity index (χ1v) is 12.7. The number of hydrogen-bond acceptors (Lipinski definition) is 5. The molecule has 0 bridgehead atoms. The zero-order valence-corrected chi connectivity index (χ0v) is 21.7. The molecule has 3 aromatic rings. The molecule has 3 atom stereocenters. The van der Waals surface area contributed by atoms with Crippen molar-refractivity contribution in [1.82, 2.24) is 0 Å². The topological polar surface area (TPSA) is 68.2 Å². The summed E-state index contributed by atoms with van der Waals surface area (Å²) in [4.78, 5) is 34.4. The summed E-state index contributed by atoms with van der Waals surface area (Å²) in [5.41, 5.74) is 5.37. The molecule has 2 aliphatic rings. The van der Waals surface area contributed by atoms with Crippen molar-refractivity contribution in [2.45, 2.75) is 45.1 Å². The van der Waals surface area contributed by atoms with Crippen LogP contribution in [0.1, 0.15) is 54.8 Å². The largest absolute Gasteiger partial charge is 0.493 e. The average Bonchev–Trinajstić information content (AvgIpc) is 3.07. The van der Waals surface area contributed by atoms with Crippen LogP contribution in [0.3, 0.4) is 0 Å². The van der Waals surface area contributed by atoms with E-state index in [-0.39, 0.29) is 17.6 Å². The zero-order chi connectivity index (χ0) is 26.1. The molecule has 6 nitrogen and oxygen atoms in total. The van der Waals surface area contributed by atoms with E-state index in [1.165, 1.54) is 0 Å². The number of ketones is 1. The van der Waals surface area contributed by atoms with Crippen LogP contribution in [-0.2, 0) is 9.59 Å². The van der Waals surface area contributed by atoms with Gasteiger partial charge in [0.1, 0.15) is 5.78 Å². The maximum atomic E-state index is 14.0. The Labute approximate surface area is 217 Å². The van der Waals surface area contributed by atoms with Crippen molar-refractivity contribution < 1.29 is 19.1 Å². The molecule has 0 saturated heterocycles. The van der Waals surface area contributed by atoms with Crippen LogP contribution < -0.4 is 14.4 Å². The molecule has 3 unspecified atom stereocenters. The Morgan fingerprint density at radius 3 is 2.35 bits per heavy atom. The van der Waals surface area contributed by atoms with Gasteiger partial charge in [0.15, 0.2) is 11.5 Å². The Morgan fingerprint density at radius 2 is 1.65 bits per heavy atom. The molecule has 1 aliphatic carbocycles. The van der Waals surface area contributed by atoms with E-state index >= 15 is 0 Å². The van der Waals surface area contributed by atoms with E-state index in [4.69, 9.17) is 14.5 Å². The second kappa shape index (κ2) is 10.2. The Balaban J connectivity index is 1.64. The summed E-state index contributed by atoms with van der Waals surface area (Å²) in [6.07, 6.45) is 1.32. The summed E-state index contributed by atoms with van der Waals surface area (Å²) in [6.45, 7) is 3.90. The number of nitrogens with zero attached hydrogens (tertiary/aromatic N) is 2. The smallest absolute Gasteiger partial charge is 0.227 e. The van der Waals surface area contributed by atoms with Gasteiger partial charge in [-0.15, -0.1) is 0 Å². The number of methoxy groups -OCH3 is 2. The second-order valence-corrected chi connectivity index (χ2v) is 9.73. The van der Waals surface area contributed by atoms with Gasteiger partial charge < -0.3 is 14.4 Å². The number of aryl methyl sites for hydroxylation is 1. The first-order valence-electron chi connectivity index (χ1n) is 12.7. The Bertz CT molecular complexity index is 1360. The first kappa shape index (κ1) is 24.8. The van der Waals surface area contributed by atoms with Gasteiger partial charge in [0, 0.05) is 18.6 Å². The SMILES string of the molecule is CCC(=O)N1c2ccccc2N=C2CC(c3ccc(OC)c(OC)c3)CC(=O)C2C1c1ccc(C)cc1. The highest BCUT2D eigenvalue weighted by atomic mass is 16.5. The molecule has 0 radical (unpaired) electrons. The molecular formula is C31H32N2O4. The third kappa shape index (κ3) is 4.52. The maximum absolute atomic E-state index is 14.0. The standard InChI is InChI=1S/C31H32N2O4/c1-5-29(35)33-25-9-7-6-8-23(25)32-24-16-22(21-14-15-27(36-3)28(18-21)37-4)17-26(34)30(24)31(33)20-12-10-19(2)11-13-20/h6-15,18,22,30-31H,5,16-17H2,1-4H3. The van der Waals surface area contributed by atoms with Crippen molar-refractivity contribution in [2.24, 2.45) is 10.9 Å². The number of carbonyl (C=O) groups is 2. The van der Waals surface area contributed by atoms with E-state index in [1.54, 1.807) is 14.2 Å². The number of fused-ring (bicyclic) bond motifs is 2. The number of aliphatic imine (C=N–C) groups is 1. The summed E-state index contributed by atoms with van der Waals surface area (Å²) in [5.74, 6) is 0.810. The number of anilines is 1. The van der Waals surface area contributed by atoms with E-state index < -0.39 is 12.0 Å². The molecule has 1 heterocycles. The Hall–Kier alpha value is -3.93. The molecular weight excluding hydrogens is 464 g/mol. The fourth-order valence-corrected chi connectivity index (χ4v) is 5.60. The van der Waals surface area contributed by atoms with Gasteiger partial charge in [-0.2, -0.15) is 0 Å². The van der Waals surface area contributed by atoms with Gasteiger partial charge in [-0.25, -0.2) is 0 Å². The molecule has 6 heteroatoms. The number of para-hydroxylation sites is 2. The zero-order valence-electron chi connectivity index (χ0n) is 21.7. The quantitative estimate of drug-likeness (QED) is 0.413. The molecule has 1 amide bonds. The van der Waals surface area contributed by atoms with Gasteiger partial charge in [0.05, 0.1) is 37.6 Å². The molecule has 0 aromatic heterocycles. The Morgan fingerprint density at radius 1 is 0.946 bits per heavy atom. The molecule has 1 fully saturated rings. The van der Waals surface area contributed by atoms with Crippen LogP contribution in [0.25, 0.3) is 0 Å². The summed E-state index contributed by atoms with van der Waals surface area (Å²) < 4.78 is 10.9. The van der Waals surface area contributed by atoms with Gasteiger partial charge in [0.2, 0.25) is 5.91 Å². The molecule has 5 rings (SSSR count). The normalized spacial score (nSPS) is 20.9. The minimum absolute atomic E-state index is 0.0238. The van der Waals surface area contributed by atoms with Gasteiger partial charge in [-0.05, 0) is 54.7 Å². The van der Waals surface area contributed by atoms with Crippen molar-refractivity contribution in [3.63, 3.8) is 0 Å².